The maximum absolute atomic E-state index is 14.4. The van der Waals surface area contributed by atoms with Gasteiger partial charge in [0.15, 0.2) is 5.82 Å². The third-order valence-corrected chi connectivity index (χ3v) is 4.66. The summed E-state index contributed by atoms with van der Waals surface area (Å²) in [6.45, 7) is 3.69. The third-order valence-electron chi connectivity index (χ3n) is 4.66. The van der Waals surface area contributed by atoms with Gasteiger partial charge in [0.05, 0.1) is 30.2 Å². The van der Waals surface area contributed by atoms with Crippen molar-refractivity contribution in [1.29, 1.82) is 0 Å². The molecule has 3 aromatic rings. The first-order valence-corrected chi connectivity index (χ1v) is 8.43. The van der Waals surface area contributed by atoms with E-state index in [1.807, 2.05) is 6.92 Å². The van der Waals surface area contributed by atoms with Crippen molar-refractivity contribution in [2.24, 2.45) is 0 Å². The highest BCUT2D eigenvalue weighted by Gasteiger charge is 2.33. The summed E-state index contributed by atoms with van der Waals surface area (Å²) in [6.07, 6.45) is 2.56. The third kappa shape index (κ3) is 3.35. The van der Waals surface area contributed by atoms with Crippen molar-refractivity contribution in [3.05, 3.63) is 64.7 Å². The van der Waals surface area contributed by atoms with Crippen molar-refractivity contribution in [2.75, 3.05) is 0 Å². The van der Waals surface area contributed by atoms with Gasteiger partial charge < -0.3 is 4.90 Å². The standard InChI is InChI=1S/C18H16F2N6O.H2S/c1-10-4-3-5-13(16(10)20)17(27)25-9-14-15(6-11(25)2)26(24-23-14)18-21-7-12(19)8-22-18;/h3-5,7-8,11H,6,9H2,1-2H3;1H2/t11-;/m0./s1. The van der Waals surface area contributed by atoms with Gasteiger partial charge in [-0.25, -0.2) is 18.7 Å². The van der Waals surface area contributed by atoms with E-state index in [1.54, 1.807) is 24.0 Å². The first-order chi connectivity index (χ1) is 13.0. The van der Waals surface area contributed by atoms with E-state index in [4.69, 9.17) is 0 Å². The van der Waals surface area contributed by atoms with Crippen LogP contribution in [0.2, 0.25) is 0 Å². The van der Waals surface area contributed by atoms with Gasteiger partial charge in [-0.1, -0.05) is 17.3 Å². The van der Waals surface area contributed by atoms with Crippen LogP contribution < -0.4 is 0 Å². The predicted molar refractivity (Wildman–Crippen MR) is 101 cm³/mol. The van der Waals surface area contributed by atoms with Crippen molar-refractivity contribution >= 4 is 19.4 Å². The summed E-state index contributed by atoms with van der Waals surface area (Å²) in [5, 5.41) is 8.15. The second-order valence-electron chi connectivity index (χ2n) is 6.52. The summed E-state index contributed by atoms with van der Waals surface area (Å²) in [5.74, 6) is -1.23. The molecule has 146 valence electrons. The van der Waals surface area contributed by atoms with Crippen molar-refractivity contribution < 1.29 is 13.6 Å². The molecular formula is C18H18F2N6OS. The fourth-order valence-electron chi connectivity index (χ4n) is 3.18. The highest BCUT2D eigenvalue weighted by Crippen LogP contribution is 2.25. The van der Waals surface area contributed by atoms with E-state index in [0.717, 1.165) is 18.1 Å². The van der Waals surface area contributed by atoms with Crippen LogP contribution in [0.15, 0.2) is 30.6 Å². The van der Waals surface area contributed by atoms with Gasteiger partial charge >= 0.3 is 0 Å². The Morgan fingerprint density at radius 2 is 1.93 bits per heavy atom. The van der Waals surface area contributed by atoms with Gasteiger partial charge in [-0.05, 0) is 25.5 Å². The van der Waals surface area contributed by atoms with Crippen LogP contribution in [-0.2, 0) is 13.0 Å². The number of hydrogen-bond donors (Lipinski definition) is 0. The maximum Gasteiger partial charge on any atom is 0.257 e. The lowest BCUT2D eigenvalue weighted by Gasteiger charge is -2.33. The number of hydrogen-bond acceptors (Lipinski definition) is 5. The Kier molecular flexibility index (Phi) is 5.41. The van der Waals surface area contributed by atoms with Crippen LogP contribution in [0.1, 0.15) is 34.2 Å². The number of carbonyl (C=O) groups is 1. The Hall–Kier alpha value is -2.88. The molecule has 0 unspecified atom stereocenters. The minimum Gasteiger partial charge on any atom is -0.329 e. The molecule has 0 N–H and O–H groups in total. The number of fused-ring (bicyclic) bond motifs is 1. The molecule has 0 fully saturated rings. The van der Waals surface area contributed by atoms with Crippen LogP contribution in [0.25, 0.3) is 5.95 Å². The molecule has 4 rings (SSSR count). The molecular weight excluding hydrogens is 386 g/mol. The largest absolute Gasteiger partial charge is 0.329 e. The van der Waals surface area contributed by atoms with Gasteiger partial charge in [0.2, 0.25) is 0 Å². The average Bonchev–Trinajstić information content (AvgIpc) is 3.06. The van der Waals surface area contributed by atoms with Gasteiger partial charge in [0.1, 0.15) is 11.5 Å². The summed E-state index contributed by atoms with van der Waals surface area (Å²) in [6, 6.07) is 4.56. The maximum atomic E-state index is 14.4. The SMILES string of the molecule is Cc1cccc(C(=O)N2Cc3nnn(-c4ncc(F)cn4)c3C[C@@H]2C)c1F.S. The van der Waals surface area contributed by atoms with Crippen LogP contribution in [0.4, 0.5) is 8.78 Å². The minimum absolute atomic E-state index is 0. The fourth-order valence-corrected chi connectivity index (χ4v) is 3.18. The molecule has 1 atom stereocenters. The van der Waals surface area contributed by atoms with Crippen molar-refractivity contribution in [3.8, 4) is 5.95 Å². The van der Waals surface area contributed by atoms with E-state index < -0.39 is 11.6 Å². The molecule has 0 radical (unpaired) electrons. The normalized spacial score (nSPS) is 15.7. The first kappa shape index (κ1) is 19.9. The molecule has 7 nitrogen and oxygen atoms in total. The van der Waals surface area contributed by atoms with Gasteiger partial charge in [0, 0.05) is 12.5 Å². The lowest BCUT2D eigenvalue weighted by atomic mass is 10.0. The van der Waals surface area contributed by atoms with Crippen LogP contribution >= 0.6 is 13.5 Å². The molecule has 2 aromatic heterocycles. The molecule has 0 saturated heterocycles. The zero-order valence-corrected chi connectivity index (χ0v) is 16.2. The van der Waals surface area contributed by atoms with E-state index in [1.165, 1.54) is 10.7 Å². The number of nitrogens with zero attached hydrogens (tertiary/aromatic N) is 6. The highest BCUT2D eigenvalue weighted by atomic mass is 32.1. The second kappa shape index (κ2) is 7.63. The lowest BCUT2D eigenvalue weighted by molar-refractivity contribution is 0.0648. The topological polar surface area (TPSA) is 76.8 Å². The fraction of sp³-hybridized carbons (Fsp3) is 0.278. The smallest absolute Gasteiger partial charge is 0.257 e. The van der Waals surface area contributed by atoms with Crippen LogP contribution in [0, 0.1) is 18.6 Å². The summed E-state index contributed by atoms with van der Waals surface area (Å²) in [7, 11) is 0. The number of rotatable bonds is 2. The summed E-state index contributed by atoms with van der Waals surface area (Å²) >= 11 is 0. The zero-order chi connectivity index (χ0) is 19.1. The number of halogens is 2. The molecule has 0 spiro atoms. The van der Waals surface area contributed by atoms with Crippen LogP contribution in [0.5, 0.6) is 0 Å². The van der Waals surface area contributed by atoms with Gasteiger partial charge in [0.25, 0.3) is 11.9 Å². The summed E-state index contributed by atoms with van der Waals surface area (Å²) < 4.78 is 28.9. The molecule has 3 heterocycles. The van der Waals surface area contributed by atoms with Crippen LogP contribution in [-0.4, -0.2) is 41.8 Å². The molecule has 0 aliphatic carbocycles. The van der Waals surface area contributed by atoms with E-state index in [2.05, 4.69) is 20.3 Å². The lowest BCUT2D eigenvalue weighted by Crippen LogP contribution is -2.43. The number of aromatic nitrogens is 5. The first-order valence-electron chi connectivity index (χ1n) is 8.43. The van der Waals surface area contributed by atoms with E-state index in [-0.39, 0.29) is 43.5 Å². The quantitative estimate of drug-likeness (QED) is 0.655. The molecule has 10 heteroatoms. The van der Waals surface area contributed by atoms with E-state index in [9.17, 15) is 13.6 Å². The Morgan fingerprint density at radius 3 is 2.64 bits per heavy atom. The number of carbonyl (C=O) groups excluding carboxylic acids is 1. The number of amides is 1. The molecule has 28 heavy (non-hydrogen) atoms. The highest BCUT2D eigenvalue weighted by molar-refractivity contribution is 7.59. The predicted octanol–water partition coefficient (Wildman–Crippen LogP) is 2.34. The number of benzene rings is 1. The van der Waals surface area contributed by atoms with E-state index in [0.29, 0.717) is 17.7 Å². The van der Waals surface area contributed by atoms with Crippen molar-refractivity contribution in [2.45, 2.75) is 32.9 Å². The second-order valence-corrected chi connectivity index (χ2v) is 6.52. The monoisotopic (exact) mass is 404 g/mol. The van der Waals surface area contributed by atoms with Gasteiger partial charge in [-0.3, -0.25) is 4.79 Å². The Labute approximate surface area is 166 Å². The molecule has 1 aliphatic heterocycles. The summed E-state index contributed by atoms with van der Waals surface area (Å²) in [4.78, 5) is 22.3. The molecule has 1 amide bonds. The molecule has 1 aromatic carbocycles. The molecule has 0 saturated carbocycles. The minimum atomic E-state index is -0.543. The average molecular weight is 404 g/mol. The Morgan fingerprint density at radius 1 is 1.21 bits per heavy atom. The van der Waals surface area contributed by atoms with E-state index >= 15 is 0 Å². The summed E-state index contributed by atoms with van der Waals surface area (Å²) in [5.41, 5.74) is 1.80. The van der Waals surface area contributed by atoms with Crippen molar-refractivity contribution in [1.82, 2.24) is 29.9 Å². The number of aryl methyl sites for hydroxylation is 1. The van der Waals surface area contributed by atoms with Crippen molar-refractivity contribution in [3.63, 3.8) is 0 Å². The Balaban J connectivity index is 0.00000225. The molecule has 1 aliphatic rings. The van der Waals surface area contributed by atoms with Gasteiger partial charge in [-0.15, -0.1) is 5.10 Å². The van der Waals surface area contributed by atoms with Gasteiger partial charge in [-0.2, -0.15) is 18.2 Å². The molecule has 0 bridgehead atoms. The zero-order valence-electron chi connectivity index (χ0n) is 15.2. The van der Waals surface area contributed by atoms with Crippen LogP contribution in [0.3, 0.4) is 0 Å². The Bertz CT molecular complexity index is 1020.